The summed E-state index contributed by atoms with van der Waals surface area (Å²) in [5, 5.41) is 2.18. The van der Waals surface area contributed by atoms with Crippen molar-refractivity contribution in [1.82, 2.24) is 0 Å². The quantitative estimate of drug-likeness (QED) is 0.526. The average Bonchev–Trinajstić information content (AvgIpc) is 2.79. The second-order valence-corrected chi connectivity index (χ2v) is 7.53. The van der Waals surface area contributed by atoms with E-state index in [1.54, 1.807) is 0 Å². The molecular weight excluding hydrogens is 310 g/mol. The van der Waals surface area contributed by atoms with Crippen molar-refractivity contribution < 1.29 is 4.57 Å². The van der Waals surface area contributed by atoms with Gasteiger partial charge in [-0.1, -0.05) is 29.0 Å². The predicted octanol–water partition coefficient (Wildman–Crippen LogP) is 5.76. The normalized spacial score (nSPS) is 11.4. The molecule has 0 unspecified atom stereocenters. The van der Waals surface area contributed by atoms with Crippen molar-refractivity contribution in [2.24, 2.45) is 0 Å². The zero-order valence-corrected chi connectivity index (χ0v) is 15.3. The maximum Gasteiger partial charge on any atom is 0.235 e. The third kappa shape index (κ3) is 2.35. The number of halogens is 1. The monoisotopic (exact) mass is 330 g/mol. The molecule has 0 fully saturated rings. The molecular formula is C19H21ClNS+. The molecule has 0 amide bonds. The van der Waals surface area contributed by atoms with E-state index in [-0.39, 0.29) is 0 Å². The fraction of sp³-hybridized carbons (Fsp3) is 0.316. The van der Waals surface area contributed by atoms with Gasteiger partial charge in [-0.2, -0.15) is 4.57 Å². The van der Waals surface area contributed by atoms with Crippen LogP contribution in [0.4, 0.5) is 0 Å². The van der Waals surface area contributed by atoms with Gasteiger partial charge in [-0.3, -0.25) is 0 Å². The van der Waals surface area contributed by atoms with Gasteiger partial charge in [0.05, 0.1) is 5.56 Å². The van der Waals surface area contributed by atoms with Crippen molar-refractivity contribution in [1.29, 1.82) is 0 Å². The van der Waals surface area contributed by atoms with Crippen LogP contribution in [0.5, 0.6) is 0 Å². The molecule has 0 saturated carbocycles. The Balaban J connectivity index is 2.45. The van der Waals surface area contributed by atoms with Crippen molar-refractivity contribution in [3.8, 4) is 11.1 Å². The fourth-order valence-corrected chi connectivity index (χ4v) is 4.49. The van der Waals surface area contributed by atoms with Crippen LogP contribution in [0.3, 0.4) is 0 Å². The molecule has 1 heterocycles. The van der Waals surface area contributed by atoms with Gasteiger partial charge in [0, 0.05) is 17.5 Å². The van der Waals surface area contributed by atoms with Gasteiger partial charge in [-0.15, -0.1) is 0 Å². The average molecular weight is 331 g/mol. The molecule has 3 heteroatoms. The SMILES string of the molecule is CC[n+]1c(C)sc2ccc(C)c(-c3cc(C)c(C)cc3Cl)c21. The minimum atomic E-state index is 0.838. The van der Waals surface area contributed by atoms with Gasteiger partial charge in [0.15, 0.2) is 0 Å². The maximum absolute atomic E-state index is 6.60. The molecule has 0 N–H and O–H groups in total. The van der Waals surface area contributed by atoms with E-state index < -0.39 is 0 Å². The minimum Gasteiger partial charge on any atom is -0.186 e. The summed E-state index contributed by atoms with van der Waals surface area (Å²) in [6.45, 7) is 11.8. The van der Waals surface area contributed by atoms with Crippen LogP contribution in [-0.4, -0.2) is 0 Å². The van der Waals surface area contributed by atoms with E-state index in [1.165, 1.54) is 37.5 Å². The van der Waals surface area contributed by atoms with E-state index in [0.29, 0.717) is 0 Å². The number of aromatic nitrogens is 1. The van der Waals surface area contributed by atoms with Crippen LogP contribution in [0.1, 0.15) is 28.6 Å². The first kappa shape index (κ1) is 15.5. The largest absolute Gasteiger partial charge is 0.235 e. The molecule has 0 saturated heterocycles. The van der Waals surface area contributed by atoms with E-state index >= 15 is 0 Å². The number of fused-ring (bicyclic) bond motifs is 1. The Morgan fingerprint density at radius 2 is 1.68 bits per heavy atom. The lowest BCUT2D eigenvalue weighted by Crippen LogP contribution is -2.33. The number of hydrogen-bond acceptors (Lipinski definition) is 1. The highest BCUT2D eigenvalue weighted by atomic mass is 35.5. The molecule has 22 heavy (non-hydrogen) atoms. The van der Waals surface area contributed by atoms with Crippen LogP contribution in [-0.2, 0) is 6.54 Å². The van der Waals surface area contributed by atoms with E-state index in [4.69, 9.17) is 11.6 Å². The Bertz CT molecular complexity index is 877. The molecule has 3 rings (SSSR count). The van der Waals surface area contributed by atoms with Crippen molar-refractivity contribution in [3.05, 3.63) is 51.0 Å². The van der Waals surface area contributed by atoms with Gasteiger partial charge in [-0.05, 0) is 62.6 Å². The molecule has 114 valence electrons. The van der Waals surface area contributed by atoms with Crippen LogP contribution in [0.2, 0.25) is 5.02 Å². The molecule has 0 aliphatic rings. The van der Waals surface area contributed by atoms with Gasteiger partial charge < -0.3 is 0 Å². The van der Waals surface area contributed by atoms with Crippen LogP contribution in [0.25, 0.3) is 21.3 Å². The summed E-state index contributed by atoms with van der Waals surface area (Å²) in [6, 6.07) is 8.75. The van der Waals surface area contributed by atoms with Crippen LogP contribution in [0, 0.1) is 27.7 Å². The number of thiazole rings is 1. The van der Waals surface area contributed by atoms with Crippen molar-refractivity contribution in [3.63, 3.8) is 0 Å². The maximum atomic E-state index is 6.60. The molecule has 0 atom stereocenters. The number of nitrogens with zero attached hydrogens (tertiary/aromatic N) is 1. The number of benzene rings is 2. The summed E-state index contributed by atoms with van der Waals surface area (Å²) < 4.78 is 3.72. The first-order valence-corrected chi connectivity index (χ1v) is 8.83. The summed E-state index contributed by atoms with van der Waals surface area (Å²) in [5.74, 6) is 0. The summed E-state index contributed by atoms with van der Waals surface area (Å²) in [7, 11) is 0. The Labute approximate surface area is 141 Å². The smallest absolute Gasteiger partial charge is 0.186 e. The second-order valence-electron chi connectivity index (χ2n) is 5.89. The summed E-state index contributed by atoms with van der Waals surface area (Å²) in [4.78, 5) is 0. The number of aryl methyl sites for hydroxylation is 5. The van der Waals surface area contributed by atoms with Crippen LogP contribution >= 0.6 is 22.9 Å². The first-order chi connectivity index (χ1) is 10.4. The van der Waals surface area contributed by atoms with E-state index in [2.05, 4.69) is 63.5 Å². The third-order valence-corrected chi connectivity index (χ3v) is 5.80. The molecule has 0 bridgehead atoms. The van der Waals surface area contributed by atoms with E-state index in [9.17, 15) is 0 Å². The Morgan fingerprint density at radius 3 is 2.36 bits per heavy atom. The Kier molecular flexibility index (Phi) is 4.00. The molecule has 0 aliphatic carbocycles. The third-order valence-electron chi connectivity index (χ3n) is 4.43. The lowest BCUT2D eigenvalue weighted by molar-refractivity contribution is -0.669. The number of hydrogen-bond donors (Lipinski definition) is 0. The first-order valence-electron chi connectivity index (χ1n) is 7.63. The second kappa shape index (κ2) is 5.68. The highest BCUT2D eigenvalue weighted by Crippen LogP contribution is 2.38. The molecule has 1 nitrogen and oxygen atoms in total. The molecule has 0 spiro atoms. The molecule has 3 aromatic rings. The van der Waals surface area contributed by atoms with Crippen LogP contribution in [0.15, 0.2) is 24.3 Å². The van der Waals surface area contributed by atoms with Gasteiger partial charge in [0.2, 0.25) is 10.5 Å². The summed E-state index contributed by atoms with van der Waals surface area (Å²) in [5.41, 5.74) is 7.53. The van der Waals surface area contributed by atoms with E-state index in [0.717, 1.165) is 17.1 Å². The summed E-state index contributed by atoms with van der Waals surface area (Å²) in [6.07, 6.45) is 0. The van der Waals surface area contributed by atoms with Gasteiger partial charge in [-0.25, -0.2) is 0 Å². The zero-order chi connectivity index (χ0) is 16.0. The van der Waals surface area contributed by atoms with Crippen LogP contribution < -0.4 is 4.57 Å². The highest BCUT2D eigenvalue weighted by molar-refractivity contribution is 7.18. The zero-order valence-electron chi connectivity index (χ0n) is 13.7. The topological polar surface area (TPSA) is 3.88 Å². The molecule has 1 aromatic heterocycles. The highest BCUT2D eigenvalue weighted by Gasteiger charge is 2.23. The molecule has 0 radical (unpaired) electrons. The van der Waals surface area contributed by atoms with Crippen molar-refractivity contribution >= 4 is 33.2 Å². The van der Waals surface area contributed by atoms with Crippen molar-refractivity contribution in [2.45, 2.75) is 41.2 Å². The minimum absolute atomic E-state index is 0.838. The van der Waals surface area contributed by atoms with Gasteiger partial charge in [0.25, 0.3) is 0 Å². The van der Waals surface area contributed by atoms with Gasteiger partial charge in [0.1, 0.15) is 11.2 Å². The molecule has 2 aromatic carbocycles. The number of rotatable bonds is 2. The predicted molar refractivity (Wildman–Crippen MR) is 97.1 cm³/mol. The lowest BCUT2D eigenvalue weighted by Gasteiger charge is -2.11. The van der Waals surface area contributed by atoms with E-state index in [1.807, 2.05) is 11.3 Å². The fourth-order valence-electron chi connectivity index (χ4n) is 3.09. The Morgan fingerprint density at radius 1 is 1.00 bits per heavy atom. The molecule has 0 aliphatic heterocycles. The van der Waals surface area contributed by atoms with Crippen molar-refractivity contribution in [2.75, 3.05) is 0 Å². The lowest BCUT2D eigenvalue weighted by atomic mass is 9.96. The standard InChI is InChI=1S/C19H21ClNS/c1-6-21-14(5)22-17-8-7-11(2)18(19(17)21)15-9-12(3)13(4)10-16(15)20/h7-10H,6H2,1-5H3/q+1. The van der Waals surface area contributed by atoms with Gasteiger partial charge >= 0.3 is 0 Å². The summed E-state index contributed by atoms with van der Waals surface area (Å²) >= 11 is 8.46. The Hall–Kier alpha value is -1.38.